The van der Waals surface area contributed by atoms with Crippen LogP contribution in [0.15, 0.2) is 67.1 Å². The molecule has 58 heavy (non-hydrogen) atoms. The molecule has 5 heterocycles. The van der Waals surface area contributed by atoms with Crippen LogP contribution in [0.1, 0.15) is 72.6 Å². The zero-order valence-corrected chi connectivity index (χ0v) is 35.7. The molecule has 0 spiro atoms. The number of hydrogen-bond acceptors (Lipinski definition) is 12. The van der Waals surface area contributed by atoms with Crippen LogP contribution in [0.5, 0.6) is 11.8 Å². The van der Waals surface area contributed by atoms with E-state index in [0.717, 1.165) is 86.1 Å². The molecule has 5 aromatic rings. The molecule has 0 radical (unpaired) electrons. The second-order valence-electron chi connectivity index (χ2n) is 15.9. The van der Waals surface area contributed by atoms with Gasteiger partial charge in [0.05, 0.1) is 47.3 Å². The van der Waals surface area contributed by atoms with Gasteiger partial charge < -0.3 is 14.8 Å². The molecular formula is C43H47IN8O5S. The molecular weight excluding hydrogens is 867 g/mol. The number of halogens is 1. The number of methoxy groups -OCH3 is 1. The first-order valence-corrected chi connectivity index (χ1v) is 22.6. The summed E-state index contributed by atoms with van der Waals surface area (Å²) in [4.78, 5) is 36.6. The number of hydrogen-bond donors (Lipinski definition) is 1. The van der Waals surface area contributed by atoms with E-state index in [2.05, 4.69) is 64.5 Å². The summed E-state index contributed by atoms with van der Waals surface area (Å²) < 4.78 is 38.4. The summed E-state index contributed by atoms with van der Waals surface area (Å²) in [5, 5.41) is 4.14. The van der Waals surface area contributed by atoms with E-state index in [0.29, 0.717) is 49.9 Å². The van der Waals surface area contributed by atoms with E-state index >= 15 is 0 Å². The van der Waals surface area contributed by atoms with Crippen LogP contribution < -0.4 is 14.8 Å². The highest BCUT2D eigenvalue weighted by Gasteiger charge is 2.44. The van der Waals surface area contributed by atoms with Gasteiger partial charge in [0.25, 0.3) is 0 Å². The minimum atomic E-state index is -3.55. The first kappa shape index (κ1) is 39.0. The molecule has 3 aromatic heterocycles. The molecule has 4 aliphatic rings. The van der Waals surface area contributed by atoms with Crippen molar-refractivity contribution >= 4 is 61.2 Å². The van der Waals surface area contributed by atoms with E-state index in [1.807, 2.05) is 12.3 Å². The molecule has 2 atom stereocenters. The quantitative estimate of drug-likeness (QED) is 0.0936. The van der Waals surface area contributed by atoms with Crippen LogP contribution in [0, 0.1) is 12.8 Å². The number of pyridine rings is 2. The fourth-order valence-electron chi connectivity index (χ4n) is 8.68. The Bertz CT molecular complexity index is 2480. The summed E-state index contributed by atoms with van der Waals surface area (Å²) in [6.07, 6.45) is 11.3. The Morgan fingerprint density at radius 3 is 2.57 bits per heavy atom. The predicted molar refractivity (Wildman–Crippen MR) is 230 cm³/mol. The highest BCUT2D eigenvalue weighted by atomic mass is 127. The average molecular weight is 915 g/mol. The van der Waals surface area contributed by atoms with Gasteiger partial charge in [-0.1, -0.05) is 30.3 Å². The lowest BCUT2D eigenvalue weighted by molar-refractivity contribution is -0.126. The van der Waals surface area contributed by atoms with Crippen molar-refractivity contribution in [3.05, 3.63) is 95.1 Å². The maximum atomic E-state index is 13.1. The van der Waals surface area contributed by atoms with E-state index in [4.69, 9.17) is 29.4 Å². The van der Waals surface area contributed by atoms with Crippen molar-refractivity contribution in [3.63, 3.8) is 0 Å². The van der Waals surface area contributed by atoms with E-state index in [1.165, 1.54) is 24.0 Å². The highest BCUT2D eigenvalue weighted by molar-refractivity contribution is 14.1. The van der Waals surface area contributed by atoms with Gasteiger partial charge in [0.1, 0.15) is 17.3 Å². The number of likely N-dealkylation sites (tertiary alicyclic amines) is 2. The molecule has 15 heteroatoms. The second kappa shape index (κ2) is 16.3. The number of nitrogens with zero attached hydrogens (tertiary/aromatic N) is 7. The van der Waals surface area contributed by atoms with Crippen LogP contribution in [0.25, 0.3) is 22.0 Å². The maximum absolute atomic E-state index is 13.1. The molecule has 1 saturated carbocycles. The molecule has 1 amide bonds. The Labute approximate surface area is 353 Å². The number of ether oxygens (including phenoxy) is 2. The van der Waals surface area contributed by atoms with E-state index in [9.17, 15) is 13.2 Å². The molecule has 9 rings (SSSR count). The number of fused-ring (bicyclic) bond motifs is 2. The summed E-state index contributed by atoms with van der Waals surface area (Å²) in [5.41, 5.74) is 9.45. The van der Waals surface area contributed by atoms with Gasteiger partial charge in [-0.25, -0.2) is 18.4 Å². The number of sulfonamides is 1. The number of aromatic nitrogens is 4. The van der Waals surface area contributed by atoms with Crippen LogP contribution in [-0.2, 0) is 34.3 Å². The summed E-state index contributed by atoms with van der Waals surface area (Å²) in [7, 11) is -1.91. The van der Waals surface area contributed by atoms with Crippen molar-refractivity contribution in [2.45, 2.75) is 76.3 Å². The Balaban J connectivity index is 0.885. The molecule has 13 nitrogen and oxygen atoms in total. The fourth-order valence-corrected chi connectivity index (χ4v) is 11.4. The number of amides is 1. The Hall–Kier alpha value is -4.45. The van der Waals surface area contributed by atoms with Gasteiger partial charge in [0.2, 0.25) is 27.7 Å². The molecule has 302 valence electrons. The number of rotatable bonds is 13. The molecule has 2 saturated heterocycles. The molecule has 0 unspecified atom stereocenters. The Morgan fingerprint density at radius 2 is 1.76 bits per heavy atom. The van der Waals surface area contributed by atoms with Gasteiger partial charge in [-0.2, -0.15) is 7.50 Å². The van der Waals surface area contributed by atoms with Crippen molar-refractivity contribution in [2.24, 2.45) is 5.92 Å². The molecule has 1 N–H and O–H groups in total. The summed E-state index contributed by atoms with van der Waals surface area (Å²) in [6.45, 7) is 6.87. The zero-order valence-electron chi connectivity index (χ0n) is 32.7. The van der Waals surface area contributed by atoms with Gasteiger partial charge in [-0.05, 0) is 123 Å². The van der Waals surface area contributed by atoms with Crippen LogP contribution >= 0.6 is 22.9 Å². The number of carbonyl (C=O) groups excluding carboxylic acids is 1. The number of benzene rings is 2. The van der Waals surface area contributed by atoms with Gasteiger partial charge >= 0.3 is 0 Å². The van der Waals surface area contributed by atoms with Gasteiger partial charge in [-0.15, -0.1) is 0 Å². The van der Waals surface area contributed by atoms with E-state index < -0.39 is 15.3 Å². The van der Waals surface area contributed by atoms with E-state index in [1.54, 1.807) is 42.4 Å². The van der Waals surface area contributed by atoms with Crippen molar-refractivity contribution in [1.82, 2.24) is 32.3 Å². The van der Waals surface area contributed by atoms with Crippen molar-refractivity contribution in [3.8, 4) is 22.9 Å². The normalized spacial score (nSPS) is 19.7. The smallest absolute Gasteiger partial charge is 0.249 e. The zero-order chi connectivity index (χ0) is 40.0. The second-order valence-corrected chi connectivity index (χ2v) is 19.5. The Kier molecular flexibility index (Phi) is 11.0. The van der Waals surface area contributed by atoms with Crippen LogP contribution in [0.3, 0.4) is 0 Å². The lowest BCUT2D eigenvalue weighted by Gasteiger charge is -2.20. The van der Waals surface area contributed by atoms with Gasteiger partial charge in [-0.3, -0.25) is 19.6 Å². The monoisotopic (exact) mass is 914 g/mol. The number of anilines is 2. The number of carbonyl (C=O) groups is 1. The molecule has 0 bridgehead atoms. The first-order valence-electron chi connectivity index (χ1n) is 20.1. The Morgan fingerprint density at radius 1 is 0.948 bits per heavy atom. The minimum absolute atomic E-state index is 0.137. The van der Waals surface area contributed by atoms with Crippen LogP contribution in [-0.4, -0.2) is 85.1 Å². The third kappa shape index (κ3) is 7.85. The predicted octanol–water partition coefficient (Wildman–Crippen LogP) is 7.30. The standard InChI is InChI=1S/C43H47IN8O5S/c1-27-32(33-8-5-9-35-34(33)13-14-38(35)57-39-23-46-37(42(49-39)56-2)26-50-18-3-4-19-50)7-6-10-36(27)48-41-40-29(15-17-45-41)21-28(22-47-40)24-51-20-16-30(25-51)43(53)52(44)58(54,55)31-11-12-31/h5-10,15,17,21-23,30-31,38H,3-4,11-14,16,18-20,24-26H2,1-2H3,(H,45,48)/t30-,38-/m1/s1. The molecule has 2 aromatic carbocycles. The third-order valence-corrected chi connectivity index (χ3v) is 16.0. The first-order chi connectivity index (χ1) is 28.2. The molecule has 2 aliphatic carbocycles. The molecule has 2 aliphatic heterocycles. The SMILES string of the molecule is COc1nc(O[C@@H]2CCc3c(-c4cccc(Nc5nccc6cc(CN7CC[C@@H](C(=O)N(I)S(=O)(=O)C8CC8)C7)cnc56)c4C)cccc32)cnc1CN1CCCC1. The topological polar surface area (TPSA) is 143 Å². The van der Waals surface area contributed by atoms with Gasteiger partial charge in [0.15, 0.2) is 5.82 Å². The van der Waals surface area contributed by atoms with Crippen molar-refractivity contribution < 1.29 is 22.7 Å². The van der Waals surface area contributed by atoms with Crippen molar-refractivity contribution in [1.29, 1.82) is 0 Å². The average Bonchev–Trinajstić information content (AvgIpc) is 3.57. The largest absolute Gasteiger partial charge is 0.480 e. The third-order valence-electron chi connectivity index (χ3n) is 11.9. The fraction of sp³-hybridized carbons (Fsp3) is 0.419. The summed E-state index contributed by atoms with van der Waals surface area (Å²) >= 11 is 1.67. The minimum Gasteiger partial charge on any atom is -0.480 e. The van der Waals surface area contributed by atoms with Gasteiger partial charge in [0, 0.05) is 43.1 Å². The lowest BCUT2D eigenvalue weighted by Crippen LogP contribution is -2.36. The maximum Gasteiger partial charge on any atom is 0.249 e. The van der Waals surface area contributed by atoms with Crippen LogP contribution in [0.2, 0.25) is 0 Å². The van der Waals surface area contributed by atoms with E-state index in [-0.39, 0.29) is 17.9 Å². The molecule has 3 fully saturated rings. The number of nitrogens with one attached hydrogen (secondary N) is 1. The summed E-state index contributed by atoms with van der Waals surface area (Å²) in [6, 6.07) is 16.8. The lowest BCUT2D eigenvalue weighted by atomic mass is 9.93. The summed E-state index contributed by atoms with van der Waals surface area (Å²) in [5.74, 6) is 1.01. The highest BCUT2D eigenvalue weighted by Crippen LogP contribution is 2.42. The van der Waals surface area contributed by atoms with Crippen LogP contribution in [0.4, 0.5) is 11.5 Å². The van der Waals surface area contributed by atoms with Crippen molar-refractivity contribution in [2.75, 3.05) is 38.6 Å².